The number of unbranched alkanes of at least 4 members (excludes halogenated alkanes) is 26. The summed E-state index contributed by atoms with van der Waals surface area (Å²) in [4.78, 5) is 44.0. The Morgan fingerprint density at radius 3 is 1.31 bits per heavy atom. The van der Waals surface area contributed by atoms with E-state index in [1.165, 1.54) is 180 Å². The molecule has 0 heterocycles. The second-order valence-corrected chi connectivity index (χ2v) is 21.4. The molecule has 402 valence electrons. The van der Waals surface area contributed by atoms with E-state index in [2.05, 4.69) is 58.5 Å². The summed E-state index contributed by atoms with van der Waals surface area (Å²) in [5, 5.41) is 0. The molecule has 0 aliphatic rings. The van der Waals surface area contributed by atoms with Crippen LogP contribution in [0.1, 0.15) is 304 Å². The van der Waals surface area contributed by atoms with Crippen LogP contribution in [0, 0.1) is 11.8 Å². The van der Waals surface area contributed by atoms with Crippen LogP contribution in [-0.2, 0) is 23.9 Å². The van der Waals surface area contributed by atoms with Gasteiger partial charge in [0.1, 0.15) is 0 Å². The Bertz CT molecular complexity index is 1130. The van der Waals surface area contributed by atoms with Crippen molar-refractivity contribution >= 4 is 17.8 Å². The monoisotopic (exact) mass is 959 g/mol. The van der Waals surface area contributed by atoms with Crippen molar-refractivity contribution in [1.29, 1.82) is 0 Å². The standard InChI is InChI=1S/C61H118N2O5/c1-8-13-18-22-24-25-29-37-47-58(48-38-32-33-41-51-61(66)68-55-57(45-35-21-16-11-4)46-36-28-23-19-14-9-2)63(53-42-52-62(6)7)59(64)49-39-30-26-27-31-40-50-60(65)67-54-56(43-17-12-5)44-34-20-15-10-3/h41,51,56-58H,8-40,42-50,52-55H2,1-7H3. The molecule has 3 unspecified atom stereocenters. The Morgan fingerprint density at radius 1 is 0.412 bits per heavy atom. The lowest BCUT2D eigenvalue weighted by atomic mass is 9.95. The van der Waals surface area contributed by atoms with Crippen molar-refractivity contribution in [3.05, 3.63) is 12.2 Å². The third-order valence-electron chi connectivity index (χ3n) is 14.4. The van der Waals surface area contributed by atoms with Gasteiger partial charge in [-0.05, 0) is 103 Å². The second kappa shape index (κ2) is 51.5. The first-order chi connectivity index (χ1) is 33.2. The molecule has 0 aliphatic heterocycles. The lowest BCUT2D eigenvalue weighted by Gasteiger charge is -2.33. The van der Waals surface area contributed by atoms with E-state index in [4.69, 9.17) is 9.47 Å². The van der Waals surface area contributed by atoms with Crippen molar-refractivity contribution < 1.29 is 23.9 Å². The summed E-state index contributed by atoms with van der Waals surface area (Å²) >= 11 is 0. The zero-order valence-corrected chi connectivity index (χ0v) is 46.8. The van der Waals surface area contributed by atoms with Gasteiger partial charge in [0.2, 0.25) is 5.91 Å². The molecule has 0 saturated carbocycles. The topological polar surface area (TPSA) is 76.2 Å². The minimum atomic E-state index is -0.189. The lowest BCUT2D eigenvalue weighted by molar-refractivity contribution is -0.145. The van der Waals surface area contributed by atoms with E-state index < -0.39 is 0 Å². The summed E-state index contributed by atoms with van der Waals surface area (Å²) in [5.74, 6) is 1.12. The van der Waals surface area contributed by atoms with Gasteiger partial charge in [-0.1, -0.05) is 227 Å². The molecule has 7 nitrogen and oxygen atoms in total. The van der Waals surface area contributed by atoms with Crippen LogP contribution in [0.5, 0.6) is 0 Å². The number of allylic oxidation sites excluding steroid dienone is 1. The van der Waals surface area contributed by atoms with E-state index in [0.717, 1.165) is 90.1 Å². The van der Waals surface area contributed by atoms with Gasteiger partial charge in [-0.3, -0.25) is 9.59 Å². The highest BCUT2D eigenvalue weighted by molar-refractivity contribution is 5.81. The fraction of sp³-hybridized carbons (Fsp3) is 0.918. The summed E-state index contributed by atoms with van der Waals surface area (Å²) in [6, 6.07) is 0.280. The summed E-state index contributed by atoms with van der Waals surface area (Å²) in [5.41, 5.74) is 0. The first-order valence-electron chi connectivity index (χ1n) is 30.1. The zero-order valence-electron chi connectivity index (χ0n) is 46.8. The highest BCUT2D eigenvalue weighted by Gasteiger charge is 2.23. The maximum Gasteiger partial charge on any atom is 0.330 e. The molecule has 1 amide bonds. The molecule has 7 heteroatoms. The van der Waals surface area contributed by atoms with Crippen LogP contribution in [0.4, 0.5) is 0 Å². The van der Waals surface area contributed by atoms with Crippen molar-refractivity contribution in [2.45, 2.75) is 310 Å². The Balaban J connectivity index is 5.13. The largest absolute Gasteiger partial charge is 0.465 e. The van der Waals surface area contributed by atoms with Gasteiger partial charge in [-0.2, -0.15) is 0 Å². The van der Waals surface area contributed by atoms with Gasteiger partial charge >= 0.3 is 11.9 Å². The molecule has 0 spiro atoms. The number of esters is 2. The normalized spacial score (nSPS) is 13.1. The predicted octanol–water partition coefficient (Wildman–Crippen LogP) is 18.1. The third-order valence-corrected chi connectivity index (χ3v) is 14.4. The highest BCUT2D eigenvalue weighted by atomic mass is 16.5. The lowest BCUT2D eigenvalue weighted by Crippen LogP contribution is -2.41. The van der Waals surface area contributed by atoms with Gasteiger partial charge in [0.15, 0.2) is 0 Å². The number of amides is 1. The van der Waals surface area contributed by atoms with Crippen LogP contribution < -0.4 is 0 Å². The number of nitrogens with zero attached hydrogens (tertiary/aromatic N) is 2. The van der Waals surface area contributed by atoms with Gasteiger partial charge in [0.25, 0.3) is 0 Å². The SMILES string of the molecule is CCCCCCCCCCC(CCCCC=CC(=O)OCC(CCCCCC)CCCCCCCC)N(CCCN(C)C)C(=O)CCCCCCCCC(=O)OCC(CCCC)CCCCCC. The smallest absolute Gasteiger partial charge is 0.330 e. The number of hydrogen-bond acceptors (Lipinski definition) is 6. The second-order valence-electron chi connectivity index (χ2n) is 21.4. The van der Waals surface area contributed by atoms with Gasteiger partial charge in [-0.25, -0.2) is 4.79 Å². The average Bonchev–Trinajstić information content (AvgIpc) is 3.33. The highest BCUT2D eigenvalue weighted by Crippen LogP contribution is 2.23. The van der Waals surface area contributed by atoms with Crippen LogP contribution in [0.25, 0.3) is 0 Å². The number of carbonyl (C=O) groups excluding carboxylic acids is 3. The van der Waals surface area contributed by atoms with Crippen LogP contribution in [-0.4, -0.2) is 74.1 Å². The Hall–Kier alpha value is -1.89. The van der Waals surface area contributed by atoms with Crippen LogP contribution in [0.2, 0.25) is 0 Å². The van der Waals surface area contributed by atoms with Crippen molar-refractivity contribution in [2.24, 2.45) is 11.8 Å². The van der Waals surface area contributed by atoms with Gasteiger partial charge in [-0.15, -0.1) is 0 Å². The summed E-state index contributed by atoms with van der Waals surface area (Å²) < 4.78 is 11.6. The molecule has 68 heavy (non-hydrogen) atoms. The minimum absolute atomic E-state index is 0.0244. The molecular formula is C61H118N2O5. The van der Waals surface area contributed by atoms with Crippen LogP contribution in [0.3, 0.4) is 0 Å². The molecule has 0 bridgehead atoms. The van der Waals surface area contributed by atoms with E-state index in [-0.39, 0.29) is 18.0 Å². The van der Waals surface area contributed by atoms with Crippen molar-refractivity contribution in [3.63, 3.8) is 0 Å². The molecule has 0 saturated heterocycles. The van der Waals surface area contributed by atoms with Gasteiger partial charge < -0.3 is 19.3 Å². The molecular weight excluding hydrogens is 841 g/mol. The van der Waals surface area contributed by atoms with E-state index in [1.54, 1.807) is 6.08 Å². The Labute approximate surface area is 424 Å². The quantitative estimate of drug-likeness (QED) is 0.0343. The van der Waals surface area contributed by atoms with Crippen molar-refractivity contribution in [2.75, 3.05) is 40.4 Å². The third kappa shape index (κ3) is 44.1. The molecule has 0 aromatic heterocycles. The molecule has 3 atom stereocenters. The predicted molar refractivity (Wildman–Crippen MR) is 294 cm³/mol. The first kappa shape index (κ1) is 66.1. The minimum Gasteiger partial charge on any atom is -0.465 e. The van der Waals surface area contributed by atoms with Crippen LogP contribution >= 0.6 is 0 Å². The number of hydrogen-bond donors (Lipinski definition) is 0. The Morgan fingerprint density at radius 2 is 0.809 bits per heavy atom. The zero-order chi connectivity index (χ0) is 50.0. The van der Waals surface area contributed by atoms with Gasteiger partial charge in [0, 0.05) is 31.5 Å². The maximum atomic E-state index is 14.1. The molecule has 0 radical (unpaired) electrons. The van der Waals surface area contributed by atoms with Crippen LogP contribution in [0.15, 0.2) is 12.2 Å². The molecule has 0 fully saturated rings. The Kier molecular flexibility index (Phi) is 50.0. The van der Waals surface area contributed by atoms with E-state index in [1.807, 2.05) is 6.08 Å². The number of rotatable bonds is 53. The van der Waals surface area contributed by atoms with Crippen molar-refractivity contribution in [1.82, 2.24) is 9.80 Å². The molecule has 0 aromatic rings. The first-order valence-corrected chi connectivity index (χ1v) is 30.1. The summed E-state index contributed by atoms with van der Waals surface area (Å²) in [7, 11) is 4.25. The number of ether oxygens (including phenoxy) is 2. The fourth-order valence-corrected chi connectivity index (χ4v) is 9.83. The number of carbonyl (C=O) groups is 3. The van der Waals surface area contributed by atoms with E-state index in [9.17, 15) is 14.4 Å². The molecule has 0 aliphatic carbocycles. The summed E-state index contributed by atoms with van der Waals surface area (Å²) in [6.07, 6.45) is 52.5. The maximum absolute atomic E-state index is 14.1. The van der Waals surface area contributed by atoms with Gasteiger partial charge in [0.05, 0.1) is 13.2 Å². The molecule has 0 rings (SSSR count). The van der Waals surface area contributed by atoms with Crippen molar-refractivity contribution in [3.8, 4) is 0 Å². The molecule has 0 aromatic carbocycles. The fourth-order valence-electron chi connectivity index (χ4n) is 9.83. The van der Waals surface area contributed by atoms with E-state index in [0.29, 0.717) is 43.8 Å². The summed E-state index contributed by atoms with van der Waals surface area (Å²) in [6.45, 7) is 14.3. The van der Waals surface area contributed by atoms with E-state index >= 15 is 0 Å². The average molecular weight is 960 g/mol. The molecule has 0 N–H and O–H groups in total.